The Labute approximate surface area is 145 Å². The van der Waals surface area contributed by atoms with Crippen molar-refractivity contribution >= 4 is 35.6 Å². The van der Waals surface area contributed by atoms with Gasteiger partial charge < -0.3 is 20.3 Å². The number of hydrogen-bond acceptors (Lipinski definition) is 5. The molecule has 1 saturated heterocycles. The van der Waals surface area contributed by atoms with Crippen molar-refractivity contribution in [2.75, 3.05) is 5.88 Å². The molecule has 0 aromatic rings. The van der Waals surface area contributed by atoms with E-state index in [1.165, 1.54) is 0 Å². The van der Waals surface area contributed by atoms with Gasteiger partial charge in [0.1, 0.15) is 5.60 Å². The molecule has 7 atom stereocenters. The number of alkyl halides is 2. The minimum Gasteiger partial charge on any atom is -0.458 e. The Bertz CT molecular complexity index is 452. The van der Waals surface area contributed by atoms with Crippen LogP contribution in [0, 0.1) is 11.8 Å². The van der Waals surface area contributed by atoms with E-state index in [1.54, 1.807) is 6.92 Å². The standard InChI is InChI=1S/C15H23Cl2NO5/c1-15(23-7-19)9(5-6-16)14(22)18-13(15)12(21)8-3-2-4-10(17)11(8)20/h7-13,20-21H,2-6H2,1H3,(H,18,22)/t8-,9-,10-,11-,12-,13-,15-/m0/s1. The largest absolute Gasteiger partial charge is 0.458 e. The highest BCUT2D eigenvalue weighted by atomic mass is 35.5. The fraction of sp³-hybridized carbons (Fsp3) is 0.867. The second kappa shape index (κ2) is 7.55. The molecule has 1 saturated carbocycles. The molecular weight excluding hydrogens is 345 g/mol. The summed E-state index contributed by atoms with van der Waals surface area (Å²) in [5.41, 5.74) is -1.22. The van der Waals surface area contributed by atoms with Crippen molar-refractivity contribution in [1.82, 2.24) is 5.32 Å². The normalized spacial score (nSPS) is 42.1. The number of carbonyl (C=O) groups is 2. The Morgan fingerprint density at radius 3 is 2.83 bits per heavy atom. The smallest absolute Gasteiger partial charge is 0.293 e. The summed E-state index contributed by atoms with van der Waals surface area (Å²) < 4.78 is 5.22. The molecule has 0 unspecified atom stereocenters. The van der Waals surface area contributed by atoms with E-state index in [1.807, 2.05) is 0 Å². The van der Waals surface area contributed by atoms with E-state index in [0.29, 0.717) is 19.3 Å². The summed E-state index contributed by atoms with van der Waals surface area (Å²) in [6.45, 7) is 1.89. The molecule has 2 fully saturated rings. The van der Waals surface area contributed by atoms with Crippen LogP contribution in [0.15, 0.2) is 0 Å². The lowest BCUT2D eigenvalue weighted by molar-refractivity contribution is -0.154. The highest BCUT2D eigenvalue weighted by Gasteiger charge is 2.58. The second-order valence-corrected chi connectivity index (χ2v) is 7.44. The molecule has 2 rings (SSSR count). The maximum Gasteiger partial charge on any atom is 0.293 e. The van der Waals surface area contributed by atoms with Crippen molar-refractivity contribution in [1.29, 1.82) is 0 Å². The summed E-state index contributed by atoms with van der Waals surface area (Å²) in [6.07, 6.45) is 0.441. The predicted octanol–water partition coefficient (Wildman–Crippen LogP) is 0.791. The zero-order valence-corrected chi connectivity index (χ0v) is 14.5. The summed E-state index contributed by atoms with van der Waals surface area (Å²) in [5, 5.41) is 23.3. The third kappa shape index (κ3) is 3.45. The topological polar surface area (TPSA) is 95.9 Å². The van der Waals surface area contributed by atoms with E-state index in [0.717, 1.165) is 6.42 Å². The van der Waals surface area contributed by atoms with E-state index in [2.05, 4.69) is 5.32 Å². The van der Waals surface area contributed by atoms with Gasteiger partial charge in [0.2, 0.25) is 5.91 Å². The SMILES string of the molecule is C[C@]1(OC=O)[C@@H](CCCl)C(=O)N[C@H]1[C@@H](O)[C@H]1CCC[C@H](Cl)[C@H]1O. The number of aliphatic hydroxyl groups excluding tert-OH is 2. The van der Waals surface area contributed by atoms with Gasteiger partial charge in [-0.25, -0.2) is 0 Å². The van der Waals surface area contributed by atoms with Gasteiger partial charge in [-0.3, -0.25) is 9.59 Å². The Kier molecular flexibility index (Phi) is 6.16. The quantitative estimate of drug-likeness (QED) is 0.476. The third-order valence-electron chi connectivity index (χ3n) is 5.23. The number of aliphatic hydroxyl groups is 2. The minimum absolute atomic E-state index is 0.231. The Hall–Kier alpha value is -0.560. The first kappa shape index (κ1) is 18.8. The first-order valence-electron chi connectivity index (χ1n) is 7.84. The summed E-state index contributed by atoms with van der Waals surface area (Å²) >= 11 is 11.8. The summed E-state index contributed by atoms with van der Waals surface area (Å²) in [7, 11) is 0. The van der Waals surface area contributed by atoms with Crippen LogP contribution in [0.5, 0.6) is 0 Å². The summed E-state index contributed by atoms with van der Waals surface area (Å²) in [5.74, 6) is -1.21. The van der Waals surface area contributed by atoms with Gasteiger partial charge in [0.25, 0.3) is 6.47 Å². The van der Waals surface area contributed by atoms with Crippen LogP contribution < -0.4 is 5.32 Å². The van der Waals surface area contributed by atoms with Crippen molar-refractivity contribution in [3.8, 4) is 0 Å². The first-order chi connectivity index (χ1) is 10.9. The van der Waals surface area contributed by atoms with Gasteiger partial charge in [-0.1, -0.05) is 6.42 Å². The molecule has 1 heterocycles. The lowest BCUT2D eigenvalue weighted by Gasteiger charge is -2.41. The second-order valence-electron chi connectivity index (χ2n) is 6.51. The fourth-order valence-electron chi connectivity index (χ4n) is 3.86. The molecule has 0 aromatic carbocycles. The van der Waals surface area contributed by atoms with Crippen molar-refractivity contribution in [3.63, 3.8) is 0 Å². The lowest BCUT2D eigenvalue weighted by atomic mass is 9.74. The molecule has 0 radical (unpaired) electrons. The van der Waals surface area contributed by atoms with Crippen molar-refractivity contribution in [3.05, 3.63) is 0 Å². The van der Waals surface area contributed by atoms with E-state index in [-0.39, 0.29) is 18.3 Å². The van der Waals surface area contributed by atoms with Crippen LogP contribution in [0.4, 0.5) is 0 Å². The van der Waals surface area contributed by atoms with E-state index in [4.69, 9.17) is 27.9 Å². The molecule has 23 heavy (non-hydrogen) atoms. The molecule has 1 aliphatic heterocycles. The highest BCUT2D eigenvalue weighted by Crippen LogP contribution is 2.40. The molecule has 0 aromatic heterocycles. The molecule has 1 amide bonds. The molecular formula is C15H23Cl2NO5. The Morgan fingerprint density at radius 1 is 1.52 bits per heavy atom. The molecule has 0 bridgehead atoms. The van der Waals surface area contributed by atoms with Crippen LogP contribution in [0.3, 0.4) is 0 Å². The fourth-order valence-corrected chi connectivity index (χ4v) is 4.42. The van der Waals surface area contributed by atoms with Gasteiger partial charge in [0.05, 0.1) is 29.5 Å². The first-order valence-corrected chi connectivity index (χ1v) is 8.82. The maximum atomic E-state index is 12.2. The molecule has 0 spiro atoms. The van der Waals surface area contributed by atoms with Gasteiger partial charge in [0, 0.05) is 11.8 Å². The van der Waals surface area contributed by atoms with Gasteiger partial charge in [-0.2, -0.15) is 0 Å². The third-order valence-corrected chi connectivity index (χ3v) is 5.92. The number of rotatable bonds is 6. The van der Waals surface area contributed by atoms with Crippen molar-refractivity contribution in [2.45, 2.75) is 61.8 Å². The van der Waals surface area contributed by atoms with Crippen LogP contribution in [-0.2, 0) is 14.3 Å². The van der Waals surface area contributed by atoms with Crippen molar-refractivity contribution < 1.29 is 24.5 Å². The number of amides is 1. The lowest BCUT2D eigenvalue weighted by Crippen LogP contribution is -2.57. The molecule has 8 heteroatoms. The maximum absolute atomic E-state index is 12.2. The Balaban J connectivity index is 2.25. The van der Waals surface area contributed by atoms with Crippen LogP contribution in [0.1, 0.15) is 32.6 Å². The Morgan fingerprint density at radius 2 is 2.22 bits per heavy atom. The zero-order valence-electron chi connectivity index (χ0n) is 13.0. The van der Waals surface area contributed by atoms with E-state index in [9.17, 15) is 19.8 Å². The minimum atomic E-state index is -1.22. The molecule has 2 aliphatic rings. The van der Waals surface area contributed by atoms with Gasteiger partial charge in [0.15, 0.2) is 0 Å². The number of ether oxygens (including phenoxy) is 1. The van der Waals surface area contributed by atoms with Crippen molar-refractivity contribution in [2.24, 2.45) is 11.8 Å². The molecule has 3 N–H and O–H groups in total. The molecule has 132 valence electrons. The van der Waals surface area contributed by atoms with Gasteiger partial charge >= 0.3 is 0 Å². The highest BCUT2D eigenvalue weighted by molar-refractivity contribution is 6.21. The van der Waals surface area contributed by atoms with Crippen LogP contribution in [-0.4, -0.2) is 57.7 Å². The number of hydrogen-bond donors (Lipinski definition) is 3. The number of carbonyl (C=O) groups excluding carboxylic acids is 2. The van der Waals surface area contributed by atoms with Crippen LogP contribution in [0.25, 0.3) is 0 Å². The van der Waals surface area contributed by atoms with Gasteiger partial charge in [-0.05, 0) is 26.2 Å². The van der Waals surface area contributed by atoms with Crippen LogP contribution >= 0.6 is 23.2 Å². The predicted molar refractivity (Wildman–Crippen MR) is 85.3 cm³/mol. The summed E-state index contributed by atoms with van der Waals surface area (Å²) in [6, 6.07) is -0.810. The zero-order chi connectivity index (χ0) is 17.2. The van der Waals surface area contributed by atoms with Crippen LogP contribution in [0.2, 0.25) is 0 Å². The average molecular weight is 368 g/mol. The van der Waals surface area contributed by atoms with Gasteiger partial charge in [-0.15, -0.1) is 23.2 Å². The monoisotopic (exact) mass is 367 g/mol. The van der Waals surface area contributed by atoms with E-state index >= 15 is 0 Å². The van der Waals surface area contributed by atoms with E-state index < -0.39 is 41.1 Å². The number of nitrogens with one attached hydrogen (secondary N) is 1. The summed E-state index contributed by atoms with van der Waals surface area (Å²) in [4.78, 5) is 23.2. The molecule has 6 nitrogen and oxygen atoms in total. The average Bonchev–Trinajstić information content (AvgIpc) is 2.75. The molecule has 1 aliphatic carbocycles. The number of halogens is 2.